The highest BCUT2D eigenvalue weighted by Gasteiger charge is 2.48. The molecule has 3 rings (SSSR count). The molecule has 13 nitrogen and oxygen atoms in total. The van der Waals surface area contributed by atoms with Gasteiger partial charge in [0.05, 0.1) is 43.6 Å². The maximum absolute atomic E-state index is 12.6. The van der Waals surface area contributed by atoms with Crippen molar-refractivity contribution in [3.05, 3.63) is 60.1 Å². The van der Waals surface area contributed by atoms with Crippen molar-refractivity contribution in [1.82, 2.24) is 4.90 Å². The molecule has 0 aromatic carbocycles. The number of carbonyl (C=O) groups excluding carboxylic acids is 1. The van der Waals surface area contributed by atoms with Crippen molar-refractivity contribution in [1.29, 1.82) is 0 Å². The van der Waals surface area contributed by atoms with Gasteiger partial charge in [-0.25, -0.2) is 9.59 Å². The summed E-state index contributed by atoms with van der Waals surface area (Å²) in [6.45, 7) is 5.53. The number of carboxylic acids is 1. The summed E-state index contributed by atoms with van der Waals surface area (Å²) in [6, 6.07) is 0. The zero-order valence-electron chi connectivity index (χ0n) is 22.4. The van der Waals surface area contributed by atoms with E-state index in [2.05, 4.69) is 6.58 Å². The van der Waals surface area contributed by atoms with Crippen molar-refractivity contribution in [2.75, 3.05) is 40.0 Å². The summed E-state index contributed by atoms with van der Waals surface area (Å²) in [5.41, 5.74) is 0.794. The molecule has 0 aliphatic carbocycles. The van der Waals surface area contributed by atoms with E-state index < -0.39 is 67.4 Å². The highest BCUT2D eigenvalue weighted by molar-refractivity contribution is 5.90. The topological polar surface area (TPSA) is 185 Å². The molecule has 0 unspecified atom stereocenters. The van der Waals surface area contributed by atoms with Gasteiger partial charge in [0.2, 0.25) is 6.29 Å². The fourth-order valence-electron chi connectivity index (χ4n) is 4.75. The predicted molar refractivity (Wildman–Crippen MR) is 138 cm³/mol. The Morgan fingerprint density at radius 2 is 1.98 bits per heavy atom. The number of aliphatic hydroxyl groups is 4. The fraction of sp³-hybridized carbons (Fsp3) is 0.556. The molecule has 13 heteroatoms. The van der Waals surface area contributed by atoms with Gasteiger partial charge in [0.25, 0.3) is 0 Å². The average Bonchev–Trinajstić information content (AvgIpc) is 2.95. The lowest BCUT2D eigenvalue weighted by Crippen LogP contribution is -2.61. The van der Waals surface area contributed by atoms with Gasteiger partial charge in [-0.3, -0.25) is 0 Å². The van der Waals surface area contributed by atoms with E-state index in [4.69, 9.17) is 23.7 Å². The number of carboxylic acid groups (broad SMARTS) is 1. The summed E-state index contributed by atoms with van der Waals surface area (Å²) in [7, 11) is 1.22. The molecule has 0 aromatic rings. The van der Waals surface area contributed by atoms with Gasteiger partial charge in [-0.05, 0) is 18.6 Å². The first-order valence-electron chi connectivity index (χ1n) is 12.8. The molecule has 1 saturated heterocycles. The number of β-amino-alcohol motifs (C(OH)–C–C–N with tert-alkyl or cyclic N) is 1. The van der Waals surface area contributed by atoms with E-state index in [1.54, 1.807) is 24.0 Å². The number of allylic oxidation sites excluding steroid dienone is 1. The third kappa shape index (κ3) is 7.18. The molecule has 0 radical (unpaired) electrons. The SMILES string of the molecule is C=C[C@H]1[C@H](O[C@@H]2O[C@H](CO)[C@@H](O)[C@H](O)[C@H]2OCC)OC=C(C(=O)OC)[C@H]1/C=C/C1=CC(C(=O)O)=CN(CCO)C1. The summed E-state index contributed by atoms with van der Waals surface area (Å²) in [5.74, 6) is -3.19. The number of esters is 1. The summed E-state index contributed by atoms with van der Waals surface area (Å²) in [6.07, 6.45) is 1.56. The molecule has 0 amide bonds. The minimum Gasteiger partial charge on any atom is -0.478 e. The van der Waals surface area contributed by atoms with Gasteiger partial charge in [0.15, 0.2) is 6.29 Å². The third-order valence-corrected chi connectivity index (χ3v) is 6.76. The molecule has 0 bridgehead atoms. The van der Waals surface area contributed by atoms with Gasteiger partial charge in [-0.15, -0.1) is 6.58 Å². The minimum atomic E-state index is -1.42. The van der Waals surface area contributed by atoms with Gasteiger partial charge < -0.3 is 54.1 Å². The quantitative estimate of drug-likeness (QED) is 0.149. The maximum atomic E-state index is 12.6. The molecule has 0 saturated carbocycles. The first-order chi connectivity index (χ1) is 19.2. The lowest BCUT2D eigenvalue weighted by atomic mass is 9.83. The van der Waals surface area contributed by atoms with E-state index in [-0.39, 0.29) is 30.9 Å². The number of aliphatic hydroxyl groups excluding tert-OH is 4. The second-order valence-corrected chi connectivity index (χ2v) is 9.33. The van der Waals surface area contributed by atoms with Gasteiger partial charge in [0, 0.05) is 31.8 Å². The second kappa shape index (κ2) is 14.6. The van der Waals surface area contributed by atoms with Crippen LogP contribution in [-0.2, 0) is 33.3 Å². The molecule has 1 fully saturated rings. The molecule has 0 aromatic heterocycles. The third-order valence-electron chi connectivity index (χ3n) is 6.76. The number of methoxy groups -OCH3 is 1. The van der Waals surface area contributed by atoms with Crippen LogP contribution in [0.4, 0.5) is 0 Å². The Labute approximate surface area is 231 Å². The van der Waals surface area contributed by atoms with E-state index in [9.17, 15) is 35.1 Å². The molecule has 8 atom stereocenters. The van der Waals surface area contributed by atoms with Crippen LogP contribution in [0.1, 0.15) is 6.92 Å². The predicted octanol–water partition coefficient (Wildman–Crippen LogP) is -0.562. The van der Waals surface area contributed by atoms with Crippen molar-refractivity contribution < 1.29 is 58.8 Å². The molecule has 3 aliphatic rings. The number of aliphatic carboxylic acids is 1. The van der Waals surface area contributed by atoms with Crippen molar-refractivity contribution >= 4 is 11.9 Å². The standard InChI is InChI=1S/C27H37NO12/c1-4-17-18(7-6-15-10-16(24(33)34)12-28(11-15)8-9-29)19(25(35)36-3)14-38-26(17)40-27-23(37-5-2)22(32)21(31)20(13-30)39-27/h4,6-7,10,12,14,17-18,20-23,26-27,29-32H,1,5,8-9,11,13H2,2-3H3,(H,33,34)/b7-6+/t17-,18+,20-,21-,22+,23-,26+,27+/m1/s1. The fourth-order valence-corrected chi connectivity index (χ4v) is 4.75. The molecule has 3 aliphatic heterocycles. The van der Waals surface area contributed by atoms with Gasteiger partial charge in [-0.1, -0.05) is 18.2 Å². The normalized spacial score (nSPS) is 32.5. The molecular weight excluding hydrogens is 530 g/mol. The number of carbonyl (C=O) groups is 2. The lowest BCUT2D eigenvalue weighted by molar-refractivity contribution is -0.344. The van der Waals surface area contributed by atoms with Crippen molar-refractivity contribution in [3.8, 4) is 0 Å². The Hall–Kier alpha value is -3.04. The van der Waals surface area contributed by atoms with Crippen LogP contribution in [0.15, 0.2) is 60.1 Å². The highest BCUT2D eigenvalue weighted by atomic mass is 16.8. The van der Waals surface area contributed by atoms with Crippen LogP contribution < -0.4 is 0 Å². The summed E-state index contributed by atoms with van der Waals surface area (Å²) >= 11 is 0. The number of hydrogen-bond acceptors (Lipinski definition) is 12. The van der Waals surface area contributed by atoms with Crippen LogP contribution in [0.3, 0.4) is 0 Å². The van der Waals surface area contributed by atoms with E-state index in [0.717, 1.165) is 0 Å². The van der Waals surface area contributed by atoms with E-state index >= 15 is 0 Å². The maximum Gasteiger partial charge on any atom is 0.337 e. The Bertz CT molecular complexity index is 1040. The van der Waals surface area contributed by atoms with Gasteiger partial charge in [0.1, 0.15) is 24.4 Å². The van der Waals surface area contributed by atoms with E-state index in [1.807, 2.05) is 0 Å². The molecular formula is C27H37NO12. The first-order valence-corrected chi connectivity index (χ1v) is 12.8. The number of ether oxygens (including phenoxy) is 5. The molecule has 3 heterocycles. The molecule has 40 heavy (non-hydrogen) atoms. The van der Waals surface area contributed by atoms with Crippen LogP contribution in [0, 0.1) is 11.8 Å². The van der Waals surface area contributed by atoms with Gasteiger partial charge in [-0.2, -0.15) is 0 Å². The minimum absolute atomic E-state index is 0.0344. The van der Waals surface area contributed by atoms with Crippen LogP contribution in [-0.4, -0.2) is 119 Å². The molecule has 5 N–H and O–H groups in total. The Morgan fingerprint density at radius 3 is 2.58 bits per heavy atom. The Kier molecular flexibility index (Phi) is 11.5. The number of rotatable bonds is 12. The summed E-state index contributed by atoms with van der Waals surface area (Å²) < 4.78 is 27.9. The molecule has 0 spiro atoms. The summed E-state index contributed by atoms with van der Waals surface area (Å²) in [4.78, 5) is 25.9. The van der Waals surface area contributed by atoms with Crippen LogP contribution in [0.2, 0.25) is 0 Å². The zero-order valence-corrected chi connectivity index (χ0v) is 22.4. The van der Waals surface area contributed by atoms with Gasteiger partial charge >= 0.3 is 11.9 Å². The average molecular weight is 568 g/mol. The highest BCUT2D eigenvalue weighted by Crippen LogP contribution is 2.36. The second-order valence-electron chi connectivity index (χ2n) is 9.33. The van der Waals surface area contributed by atoms with Crippen molar-refractivity contribution in [2.24, 2.45) is 11.8 Å². The first kappa shape index (κ1) is 31.5. The largest absolute Gasteiger partial charge is 0.478 e. The van der Waals surface area contributed by atoms with Crippen LogP contribution in [0.25, 0.3) is 0 Å². The van der Waals surface area contributed by atoms with E-state index in [0.29, 0.717) is 12.1 Å². The van der Waals surface area contributed by atoms with E-state index in [1.165, 1.54) is 31.7 Å². The summed E-state index contributed by atoms with van der Waals surface area (Å²) in [5, 5.41) is 49.3. The van der Waals surface area contributed by atoms with Crippen LogP contribution >= 0.6 is 0 Å². The number of nitrogens with zero attached hydrogens (tertiary/aromatic N) is 1. The van der Waals surface area contributed by atoms with Crippen molar-refractivity contribution in [3.63, 3.8) is 0 Å². The number of hydrogen-bond donors (Lipinski definition) is 5. The van der Waals surface area contributed by atoms with Crippen LogP contribution in [0.5, 0.6) is 0 Å². The Morgan fingerprint density at radius 1 is 1.23 bits per heavy atom. The smallest absolute Gasteiger partial charge is 0.337 e. The Balaban J connectivity index is 1.91. The van der Waals surface area contributed by atoms with Crippen molar-refractivity contribution in [2.45, 2.75) is 43.9 Å². The monoisotopic (exact) mass is 567 g/mol. The lowest BCUT2D eigenvalue weighted by Gasteiger charge is -2.44. The zero-order chi connectivity index (χ0) is 29.4. The molecule has 222 valence electrons.